The molecular formula is C18H22FN3. The molecule has 0 aliphatic carbocycles. The summed E-state index contributed by atoms with van der Waals surface area (Å²) < 4.78 is 13.0. The first-order chi connectivity index (χ1) is 10.7. The first-order valence-electron chi connectivity index (χ1n) is 7.97. The molecule has 0 radical (unpaired) electrons. The van der Waals surface area contributed by atoms with Crippen LogP contribution in [-0.4, -0.2) is 24.5 Å². The SMILES string of the molecule is N#CCC[C@H](C#N)CN1CCC[C@@H](c2ccc(F)cc2)CC1. The number of nitrogens with zero attached hydrogens (tertiary/aromatic N) is 3. The van der Waals surface area contributed by atoms with E-state index in [0.717, 1.165) is 38.9 Å². The summed E-state index contributed by atoms with van der Waals surface area (Å²) in [4.78, 5) is 2.34. The molecule has 0 saturated carbocycles. The van der Waals surface area contributed by atoms with Gasteiger partial charge in [-0.3, -0.25) is 0 Å². The van der Waals surface area contributed by atoms with Crippen molar-refractivity contribution in [1.29, 1.82) is 10.5 Å². The van der Waals surface area contributed by atoms with Crippen LogP contribution in [0.3, 0.4) is 0 Å². The topological polar surface area (TPSA) is 50.8 Å². The summed E-state index contributed by atoms with van der Waals surface area (Å²) in [6.45, 7) is 2.73. The quantitative estimate of drug-likeness (QED) is 0.830. The third kappa shape index (κ3) is 4.83. The summed E-state index contributed by atoms with van der Waals surface area (Å²) in [5, 5.41) is 17.8. The third-order valence-corrected chi connectivity index (χ3v) is 4.43. The van der Waals surface area contributed by atoms with Crippen molar-refractivity contribution in [2.75, 3.05) is 19.6 Å². The van der Waals surface area contributed by atoms with Gasteiger partial charge in [0.25, 0.3) is 0 Å². The normalized spacial score (nSPS) is 20.6. The summed E-state index contributed by atoms with van der Waals surface area (Å²) in [5.74, 6) is 0.237. The highest BCUT2D eigenvalue weighted by Crippen LogP contribution is 2.28. The Morgan fingerprint density at radius 2 is 1.95 bits per heavy atom. The fourth-order valence-electron chi connectivity index (χ4n) is 3.15. The van der Waals surface area contributed by atoms with Crippen molar-refractivity contribution in [1.82, 2.24) is 4.90 Å². The van der Waals surface area contributed by atoms with Gasteiger partial charge in [0.15, 0.2) is 0 Å². The Morgan fingerprint density at radius 1 is 1.18 bits per heavy atom. The molecule has 1 fully saturated rings. The number of hydrogen-bond acceptors (Lipinski definition) is 3. The van der Waals surface area contributed by atoms with Gasteiger partial charge in [-0.15, -0.1) is 0 Å². The highest BCUT2D eigenvalue weighted by molar-refractivity contribution is 5.20. The molecule has 0 N–H and O–H groups in total. The maximum atomic E-state index is 13.0. The fourth-order valence-corrected chi connectivity index (χ4v) is 3.15. The lowest BCUT2D eigenvalue weighted by Crippen LogP contribution is -2.30. The second kappa shape index (κ2) is 8.51. The highest BCUT2D eigenvalue weighted by atomic mass is 19.1. The summed E-state index contributed by atoms with van der Waals surface area (Å²) in [6, 6.07) is 11.3. The number of hydrogen-bond donors (Lipinski definition) is 0. The molecule has 0 bridgehead atoms. The average molecular weight is 299 g/mol. The predicted molar refractivity (Wildman–Crippen MR) is 83.4 cm³/mol. The maximum Gasteiger partial charge on any atom is 0.123 e. The van der Waals surface area contributed by atoms with E-state index in [1.807, 2.05) is 12.1 Å². The van der Waals surface area contributed by atoms with Crippen LogP contribution in [0.25, 0.3) is 0 Å². The van der Waals surface area contributed by atoms with E-state index in [-0.39, 0.29) is 11.7 Å². The van der Waals surface area contributed by atoms with Gasteiger partial charge < -0.3 is 4.90 Å². The van der Waals surface area contributed by atoms with E-state index in [0.29, 0.717) is 18.8 Å². The van der Waals surface area contributed by atoms with Crippen molar-refractivity contribution in [2.45, 2.75) is 38.0 Å². The van der Waals surface area contributed by atoms with Crippen LogP contribution >= 0.6 is 0 Å². The van der Waals surface area contributed by atoms with E-state index in [2.05, 4.69) is 17.0 Å². The lowest BCUT2D eigenvalue weighted by molar-refractivity contribution is 0.254. The van der Waals surface area contributed by atoms with E-state index >= 15 is 0 Å². The summed E-state index contributed by atoms with van der Waals surface area (Å²) in [7, 11) is 0. The molecule has 22 heavy (non-hydrogen) atoms. The van der Waals surface area contributed by atoms with Crippen molar-refractivity contribution in [3.05, 3.63) is 35.6 Å². The Morgan fingerprint density at radius 3 is 2.64 bits per heavy atom. The number of benzene rings is 1. The molecular weight excluding hydrogens is 277 g/mol. The van der Waals surface area contributed by atoms with Crippen molar-refractivity contribution >= 4 is 0 Å². The van der Waals surface area contributed by atoms with Gasteiger partial charge in [-0.2, -0.15) is 10.5 Å². The summed E-state index contributed by atoms with van der Waals surface area (Å²) >= 11 is 0. The van der Waals surface area contributed by atoms with Crippen LogP contribution in [0, 0.1) is 34.4 Å². The molecule has 1 saturated heterocycles. The van der Waals surface area contributed by atoms with E-state index in [9.17, 15) is 9.65 Å². The maximum absolute atomic E-state index is 13.0. The van der Waals surface area contributed by atoms with Gasteiger partial charge >= 0.3 is 0 Å². The highest BCUT2D eigenvalue weighted by Gasteiger charge is 2.20. The molecule has 0 spiro atoms. The number of nitriles is 2. The van der Waals surface area contributed by atoms with Gasteiger partial charge in [-0.05, 0) is 62.4 Å². The van der Waals surface area contributed by atoms with Gasteiger partial charge in [0.2, 0.25) is 0 Å². The first kappa shape index (κ1) is 16.5. The van der Waals surface area contributed by atoms with Gasteiger partial charge in [-0.1, -0.05) is 12.1 Å². The minimum absolute atomic E-state index is 0.0537. The van der Waals surface area contributed by atoms with Crippen LogP contribution in [-0.2, 0) is 0 Å². The zero-order valence-corrected chi connectivity index (χ0v) is 12.8. The second-order valence-corrected chi connectivity index (χ2v) is 6.00. The third-order valence-electron chi connectivity index (χ3n) is 4.43. The molecule has 1 aromatic carbocycles. The Hall–Kier alpha value is -1.91. The van der Waals surface area contributed by atoms with E-state index < -0.39 is 0 Å². The van der Waals surface area contributed by atoms with Crippen molar-refractivity contribution in [3.8, 4) is 12.1 Å². The molecule has 1 aliphatic rings. The van der Waals surface area contributed by atoms with Gasteiger partial charge in [0, 0.05) is 13.0 Å². The van der Waals surface area contributed by atoms with Crippen molar-refractivity contribution < 1.29 is 4.39 Å². The van der Waals surface area contributed by atoms with Crippen LogP contribution in [0.2, 0.25) is 0 Å². The zero-order valence-electron chi connectivity index (χ0n) is 12.8. The first-order valence-corrected chi connectivity index (χ1v) is 7.97. The minimum atomic E-state index is -0.187. The van der Waals surface area contributed by atoms with Crippen LogP contribution in [0.4, 0.5) is 4.39 Å². The number of likely N-dealkylation sites (tertiary alicyclic amines) is 1. The van der Waals surface area contributed by atoms with Crippen LogP contribution in [0.1, 0.15) is 43.6 Å². The molecule has 4 heteroatoms. The van der Waals surface area contributed by atoms with Gasteiger partial charge in [0.05, 0.1) is 18.1 Å². The molecule has 1 aromatic rings. The largest absolute Gasteiger partial charge is 0.302 e. The van der Waals surface area contributed by atoms with E-state index in [4.69, 9.17) is 5.26 Å². The molecule has 2 rings (SSSR count). The monoisotopic (exact) mass is 299 g/mol. The molecule has 0 unspecified atom stereocenters. The lowest BCUT2D eigenvalue weighted by Gasteiger charge is -2.22. The smallest absolute Gasteiger partial charge is 0.123 e. The van der Waals surface area contributed by atoms with Crippen molar-refractivity contribution in [3.63, 3.8) is 0 Å². The second-order valence-electron chi connectivity index (χ2n) is 6.00. The Labute approximate surface area is 132 Å². The molecule has 1 aliphatic heterocycles. The standard InChI is InChI=1S/C18H22FN3/c19-18-7-5-17(6-8-18)16-4-2-11-22(12-9-16)14-15(13-21)3-1-10-20/h5-8,15-16H,1-4,9,11-12,14H2/t15-,16-/m1/s1. The molecule has 0 aromatic heterocycles. The molecule has 2 atom stereocenters. The summed E-state index contributed by atoms with van der Waals surface area (Å²) in [5.41, 5.74) is 1.21. The molecule has 1 heterocycles. The molecule has 3 nitrogen and oxygen atoms in total. The lowest BCUT2D eigenvalue weighted by atomic mass is 9.92. The summed E-state index contributed by atoms with van der Waals surface area (Å²) in [6.07, 6.45) is 4.35. The van der Waals surface area contributed by atoms with Crippen molar-refractivity contribution in [2.24, 2.45) is 5.92 Å². The average Bonchev–Trinajstić information content (AvgIpc) is 2.77. The molecule has 116 valence electrons. The number of halogens is 1. The van der Waals surface area contributed by atoms with Gasteiger partial charge in [-0.25, -0.2) is 4.39 Å². The predicted octanol–water partition coefficient (Wildman–Crippen LogP) is 3.84. The van der Waals surface area contributed by atoms with Crippen LogP contribution < -0.4 is 0 Å². The van der Waals surface area contributed by atoms with Crippen LogP contribution in [0.5, 0.6) is 0 Å². The Kier molecular flexibility index (Phi) is 6.37. The fraction of sp³-hybridized carbons (Fsp3) is 0.556. The van der Waals surface area contributed by atoms with E-state index in [1.54, 1.807) is 0 Å². The van der Waals surface area contributed by atoms with Gasteiger partial charge in [0.1, 0.15) is 5.82 Å². The zero-order chi connectivity index (χ0) is 15.8. The Balaban J connectivity index is 1.88. The molecule has 0 amide bonds. The minimum Gasteiger partial charge on any atom is -0.302 e. The van der Waals surface area contributed by atoms with E-state index in [1.165, 1.54) is 17.7 Å². The Bertz CT molecular complexity index is 541. The number of rotatable bonds is 5. The van der Waals surface area contributed by atoms with Crippen LogP contribution in [0.15, 0.2) is 24.3 Å².